The van der Waals surface area contributed by atoms with E-state index in [4.69, 9.17) is 14.2 Å². The first-order chi connectivity index (χ1) is 14.8. The maximum absolute atomic E-state index is 17.2. The number of alkyl halides is 2. The first kappa shape index (κ1) is 22.2. The zero-order valence-electron chi connectivity index (χ0n) is 19.0. The van der Waals surface area contributed by atoms with Crippen LogP contribution in [0.2, 0.25) is 0 Å². The van der Waals surface area contributed by atoms with Crippen molar-refractivity contribution in [3.63, 3.8) is 0 Å². The van der Waals surface area contributed by atoms with E-state index in [1.54, 1.807) is 27.7 Å². The number of aliphatic hydroxyl groups excluding tert-OH is 1. The number of aliphatic hydroxyl groups is 1. The van der Waals surface area contributed by atoms with Crippen LogP contribution in [0, 0.1) is 22.7 Å². The fourth-order valence-corrected chi connectivity index (χ4v) is 7.80. The van der Waals surface area contributed by atoms with Gasteiger partial charge in [-0.25, -0.2) is 13.6 Å². The predicted octanol–water partition coefficient (Wildman–Crippen LogP) is 2.98. The summed E-state index contributed by atoms with van der Waals surface area (Å²) in [5.41, 5.74) is -6.18. The molecule has 4 fully saturated rings. The highest BCUT2D eigenvalue weighted by Gasteiger charge is 2.81. The second-order valence-corrected chi connectivity index (χ2v) is 10.9. The molecule has 5 aliphatic rings. The van der Waals surface area contributed by atoms with Gasteiger partial charge in [-0.1, -0.05) is 13.0 Å². The third-order valence-electron chi connectivity index (χ3n) is 9.11. The molecule has 0 aromatic rings. The Hall–Kier alpha value is -1.64. The monoisotopic (exact) mass is 452 g/mol. The van der Waals surface area contributed by atoms with Crippen LogP contribution < -0.4 is 0 Å². The van der Waals surface area contributed by atoms with Crippen LogP contribution in [0.1, 0.15) is 47.0 Å². The van der Waals surface area contributed by atoms with Gasteiger partial charge in [0, 0.05) is 16.7 Å². The van der Waals surface area contributed by atoms with E-state index in [0.29, 0.717) is 0 Å². The van der Waals surface area contributed by atoms with Crippen molar-refractivity contribution in [1.82, 2.24) is 0 Å². The van der Waals surface area contributed by atoms with E-state index in [-0.39, 0.29) is 30.6 Å². The molecule has 0 bridgehead atoms. The van der Waals surface area contributed by atoms with E-state index in [1.165, 1.54) is 19.3 Å². The number of esters is 1. The molecule has 0 aromatic carbocycles. The van der Waals surface area contributed by atoms with Crippen LogP contribution in [0.3, 0.4) is 0 Å². The van der Waals surface area contributed by atoms with Crippen molar-refractivity contribution in [1.29, 1.82) is 0 Å². The second-order valence-electron chi connectivity index (χ2n) is 10.9. The number of carbonyl (C=O) groups excluding carboxylic acids is 2. The van der Waals surface area contributed by atoms with Gasteiger partial charge in [-0.3, -0.25) is 4.79 Å². The zero-order chi connectivity index (χ0) is 23.5. The highest BCUT2D eigenvalue weighted by molar-refractivity contribution is 6.01. The molecule has 6 nitrogen and oxygen atoms in total. The Morgan fingerprint density at radius 1 is 1.22 bits per heavy atom. The molecule has 3 saturated carbocycles. The lowest BCUT2D eigenvalue weighted by molar-refractivity contribution is -0.254. The molecule has 0 unspecified atom stereocenters. The summed E-state index contributed by atoms with van der Waals surface area (Å²) in [5.74, 6) is -3.49. The molecular weight excluding hydrogens is 422 g/mol. The number of halogens is 2. The van der Waals surface area contributed by atoms with E-state index in [2.05, 4.69) is 0 Å². The molecule has 1 aliphatic heterocycles. The maximum Gasteiger partial charge on any atom is 0.341 e. The number of allylic oxidation sites excluding steroid dienone is 4. The van der Waals surface area contributed by atoms with E-state index in [0.717, 1.165) is 6.08 Å². The molecule has 8 heteroatoms. The summed E-state index contributed by atoms with van der Waals surface area (Å²) in [4.78, 5) is 25.1. The second kappa shape index (κ2) is 6.27. The number of fused-ring (bicyclic) bond motifs is 7. The Kier molecular flexibility index (Phi) is 4.34. The minimum absolute atomic E-state index is 0.0703. The van der Waals surface area contributed by atoms with Crippen molar-refractivity contribution in [2.45, 2.75) is 82.4 Å². The van der Waals surface area contributed by atoms with Crippen molar-refractivity contribution in [2.75, 3.05) is 7.11 Å². The van der Waals surface area contributed by atoms with Crippen LogP contribution in [0.15, 0.2) is 23.8 Å². The number of hydrogen-bond acceptors (Lipinski definition) is 6. The standard InChI is InChI=1S/C24H30F2O6/c1-20(2)31-18-10-13-14-9-16(25)15-8-12(27)6-7-21(15,3)23(14,26)17(28)11-22(13,4)24(18,32-20)19(29)30-5/h6-8,13-14,16-18,28H,9-11H2,1-5H3/t13-,14-,16-,17-,18+,21-,22-,23-,24-/m0/s1. The largest absolute Gasteiger partial charge is 0.467 e. The highest BCUT2D eigenvalue weighted by Crippen LogP contribution is 2.72. The lowest BCUT2D eigenvalue weighted by Gasteiger charge is -2.63. The van der Waals surface area contributed by atoms with Gasteiger partial charge in [-0.15, -0.1) is 0 Å². The summed E-state index contributed by atoms with van der Waals surface area (Å²) in [6.45, 7) is 6.75. The quantitative estimate of drug-likeness (QED) is 0.616. The lowest BCUT2D eigenvalue weighted by atomic mass is 9.44. The molecule has 0 radical (unpaired) electrons. The summed E-state index contributed by atoms with van der Waals surface area (Å²) in [6, 6.07) is 0. The minimum Gasteiger partial charge on any atom is -0.467 e. The first-order valence-electron chi connectivity index (χ1n) is 11.2. The highest BCUT2D eigenvalue weighted by atomic mass is 19.1. The van der Waals surface area contributed by atoms with Gasteiger partial charge in [0.2, 0.25) is 0 Å². The van der Waals surface area contributed by atoms with Gasteiger partial charge >= 0.3 is 5.97 Å². The third-order valence-corrected chi connectivity index (χ3v) is 9.11. The number of rotatable bonds is 1. The van der Waals surface area contributed by atoms with Crippen LogP contribution >= 0.6 is 0 Å². The van der Waals surface area contributed by atoms with Gasteiger partial charge in [0.25, 0.3) is 0 Å². The van der Waals surface area contributed by atoms with E-state index >= 15 is 8.78 Å². The van der Waals surface area contributed by atoms with Gasteiger partial charge in [0.1, 0.15) is 12.3 Å². The average molecular weight is 452 g/mol. The summed E-state index contributed by atoms with van der Waals surface area (Å²) >= 11 is 0. The molecule has 1 N–H and O–H groups in total. The smallest absolute Gasteiger partial charge is 0.341 e. The lowest BCUT2D eigenvalue weighted by Crippen LogP contribution is -2.71. The molecular formula is C24H30F2O6. The SMILES string of the molecule is COC(=O)[C@@]12OC(C)(C)O[C@@H]1C[C@H]1[C@@H]3C[C@H](F)C4=CC(=O)C=C[C@]4(C)[C@@]3(F)[C@@H](O)C[C@@]12C. The molecule has 4 aliphatic carbocycles. The molecule has 0 spiro atoms. The summed E-state index contributed by atoms with van der Waals surface area (Å²) < 4.78 is 50.1. The Labute approximate surface area is 186 Å². The normalized spacial score (nSPS) is 53.1. The van der Waals surface area contributed by atoms with Crippen molar-refractivity contribution >= 4 is 11.8 Å². The van der Waals surface area contributed by atoms with Crippen LogP contribution in [0.4, 0.5) is 8.78 Å². The van der Waals surface area contributed by atoms with E-state index in [1.807, 2.05) is 0 Å². The fourth-order valence-electron chi connectivity index (χ4n) is 7.80. The first-order valence-corrected chi connectivity index (χ1v) is 11.2. The summed E-state index contributed by atoms with van der Waals surface area (Å²) in [5, 5.41) is 11.4. The van der Waals surface area contributed by atoms with Crippen molar-refractivity contribution < 1.29 is 37.7 Å². The Bertz CT molecular complexity index is 960. The van der Waals surface area contributed by atoms with Crippen molar-refractivity contribution in [2.24, 2.45) is 22.7 Å². The number of methoxy groups -OCH3 is 1. The number of carbonyl (C=O) groups is 2. The molecule has 1 saturated heterocycles. The van der Waals surface area contributed by atoms with Crippen LogP contribution in [-0.2, 0) is 23.8 Å². The van der Waals surface area contributed by atoms with Crippen molar-refractivity contribution in [3.05, 3.63) is 23.8 Å². The topological polar surface area (TPSA) is 82.1 Å². The molecule has 32 heavy (non-hydrogen) atoms. The van der Waals surface area contributed by atoms with Crippen LogP contribution in [0.25, 0.3) is 0 Å². The zero-order valence-corrected chi connectivity index (χ0v) is 19.0. The molecule has 1 heterocycles. The Morgan fingerprint density at radius 3 is 2.56 bits per heavy atom. The maximum atomic E-state index is 17.2. The molecule has 0 amide bonds. The Morgan fingerprint density at radius 2 is 1.91 bits per heavy atom. The molecule has 9 atom stereocenters. The number of ketones is 1. The summed E-state index contributed by atoms with van der Waals surface area (Å²) in [6.07, 6.45) is 0.0534. The molecule has 176 valence electrons. The van der Waals surface area contributed by atoms with Gasteiger partial charge in [-0.2, -0.15) is 0 Å². The number of hydrogen-bond donors (Lipinski definition) is 1. The van der Waals surface area contributed by atoms with E-state index < -0.39 is 64.1 Å². The molecule has 5 rings (SSSR count). The average Bonchev–Trinajstić information content (AvgIpc) is 3.11. The van der Waals surface area contributed by atoms with Gasteiger partial charge in [-0.05, 0) is 63.7 Å². The van der Waals surface area contributed by atoms with Crippen LogP contribution in [-0.4, -0.2) is 59.4 Å². The van der Waals surface area contributed by atoms with Crippen molar-refractivity contribution in [3.8, 4) is 0 Å². The predicted molar refractivity (Wildman–Crippen MR) is 109 cm³/mol. The number of ether oxygens (including phenoxy) is 3. The van der Waals surface area contributed by atoms with E-state index in [9.17, 15) is 14.7 Å². The fraction of sp³-hybridized carbons (Fsp3) is 0.750. The van der Waals surface area contributed by atoms with Crippen LogP contribution in [0.5, 0.6) is 0 Å². The minimum atomic E-state index is -2.21. The Balaban J connectivity index is 1.66. The molecule has 0 aromatic heterocycles. The third kappa shape index (κ3) is 2.29. The van der Waals surface area contributed by atoms with Gasteiger partial charge < -0.3 is 19.3 Å². The van der Waals surface area contributed by atoms with Gasteiger partial charge in [0.05, 0.1) is 13.2 Å². The summed E-state index contributed by atoms with van der Waals surface area (Å²) in [7, 11) is 1.26. The van der Waals surface area contributed by atoms with Gasteiger partial charge in [0.15, 0.2) is 22.8 Å².